The van der Waals surface area contributed by atoms with Crippen LogP contribution in [0.3, 0.4) is 0 Å². The summed E-state index contributed by atoms with van der Waals surface area (Å²) in [6, 6.07) is 14.3. The average molecular weight is 437 g/mol. The molecule has 0 fully saturated rings. The molecule has 3 rings (SSSR count). The SMILES string of the molecule is CCOP(=O)(OCC)OC1=Nc2ccc(Cl)cc2C(=O)N(Cc2ccccc2)C1. The maximum absolute atomic E-state index is 13.2. The van der Waals surface area contributed by atoms with E-state index >= 15 is 0 Å². The molecule has 29 heavy (non-hydrogen) atoms. The predicted molar refractivity (Wildman–Crippen MR) is 112 cm³/mol. The van der Waals surface area contributed by atoms with Gasteiger partial charge in [-0.2, -0.15) is 0 Å². The van der Waals surface area contributed by atoms with Gasteiger partial charge in [0.1, 0.15) is 0 Å². The van der Waals surface area contributed by atoms with Gasteiger partial charge < -0.3 is 9.42 Å². The lowest BCUT2D eigenvalue weighted by Gasteiger charge is -2.23. The van der Waals surface area contributed by atoms with Gasteiger partial charge in [-0.1, -0.05) is 41.9 Å². The van der Waals surface area contributed by atoms with Crippen LogP contribution in [0.5, 0.6) is 0 Å². The van der Waals surface area contributed by atoms with E-state index in [4.69, 9.17) is 25.2 Å². The molecule has 1 aliphatic heterocycles. The number of rotatable bonds is 7. The molecule has 0 saturated heterocycles. The molecular weight excluding hydrogens is 415 g/mol. The largest absolute Gasteiger partial charge is 0.531 e. The first-order chi connectivity index (χ1) is 13.9. The Hall–Kier alpha value is -2.18. The second-order valence-corrected chi connectivity index (χ2v) is 8.22. The van der Waals surface area contributed by atoms with Gasteiger partial charge in [0, 0.05) is 11.6 Å². The van der Waals surface area contributed by atoms with E-state index < -0.39 is 7.82 Å². The van der Waals surface area contributed by atoms with Crippen molar-refractivity contribution in [2.45, 2.75) is 20.4 Å². The lowest BCUT2D eigenvalue weighted by Crippen LogP contribution is -2.34. The van der Waals surface area contributed by atoms with Gasteiger partial charge in [-0.25, -0.2) is 9.56 Å². The van der Waals surface area contributed by atoms with Crippen LogP contribution in [0.1, 0.15) is 29.8 Å². The minimum Gasteiger partial charge on any atom is -0.388 e. The molecule has 1 aliphatic rings. The monoisotopic (exact) mass is 436 g/mol. The van der Waals surface area contributed by atoms with Crippen LogP contribution in [0, 0.1) is 0 Å². The summed E-state index contributed by atoms with van der Waals surface area (Å²) in [6.45, 7) is 3.98. The molecule has 0 N–H and O–H groups in total. The molecule has 0 saturated carbocycles. The van der Waals surface area contributed by atoms with E-state index in [1.807, 2.05) is 30.3 Å². The fourth-order valence-corrected chi connectivity index (χ4v) is 4.21. The summed E-state index contributed by atoms with van der Waals surface area (Å²) in [5, 5.41) is 0.422. The van der Waals surface area contributed by atoms with Crippen molar-refractivity contribution in [1.29, 1.82) is 0 Å². The highest BCUT2D eigenvalue weighted by atomic mass is 35.5. The summed E-state index contributed by atoms with van der Waals surface area (Å²) in [5.41, 5.74) is 1.66. The number of phosphoric ester groups is 1. The van der Waals surface area contributed by atoms with Crippen molar-refractivity contribution < 1.29 is 22.9 Å². The summed E-state index contributed by atoms with van der Waals surface area (Å²) in [7, 11) is -3.85. The van der Waals surface area contributed by atoms with E-state index in [0.717, 1.165) is 5.56 Å². The Morgan fingerprint density at radius 2 is 1.79 bits per heavy atom. The molecule has 2 aromatic rings. The number of phosphoric acid groups is 1. The fourth-order valence-electron chi connectivity index (χ4n) is 2.87. The van der Waals surface area contributed by atoms with Crippen molar-refractivity contribution in [3.8, 4) is 0 Å². The first kappa shape index (κ1) is 21.5. The third-order valence-electron chi connectivity index (χ3n) is 4.06. The van der Waals surface area contributed by atoms with Crippen molar-refractivity contribution in [3.63, 3.8) is 0 Å². The standard InChI is InChI=1S/C20H22ClN2O5P/c1-3-26-29(25,27-4-2)28-19-14-23(13-15-8-6-5-7-9-15)20(24)17-12-16(21)10-11-18(17)22-19/h5-12H,3-4,13-14H2,1-2H3. The second-order valence-electron chi connectivity index (χ2n) is 6.19. The summed E-state index contributed by atoms with van der Waals surface area (Å²) >= 11 is 6.09. The van der Waals surface area contributed by atoms with E-state index in [-0.39, 0.29) is 31.6 Å². The zero-order valence-corrected chi connectivity index (χ0v) is 17.9. The molecule has 1 amide bonds. The van der Waals surface area contributed by atoms with Crippen LogP contribution in [-0.2, 0) is 24.7 Å². The molecule has 0 aliphatic carbocycles. The Labute approximate surface area is 174 Å². The molecule has 7 nitrogen and oxygen atoms in total. The van der Waals surface area contributed by atoms with Gasteiger partial charge in [-0.3, -0.25) is 13.8 Å². The molecule has 0 radical (unpaired) electrons. The van der Waals surface area contributed by atoms with Crippen molar-refractivity contribution in [2.24, 2.45) is 4.99 Å². The molecule has 2 aromatic carbocycles. The molecule has 0 bridgehead atoms. The van der Waals surface area contributed by atoms with Crippen molar-refractivity contribution in [2.75, 3.05) is 19.8 Å². The normalized spacial score (nSPS) is 14.2. The molecule has 0 unspecified atom stereocenters. The first-order valence-corrected chi connectivity index (χ1v) is 11.1. The highest BCUT2D eigenvalue weighted by molar-refractivity contribution is 7.49. The van der Waals surface area contributed by atoms with Gasteiger partial charge in [-0.05, 0) is 37.6 Å². The maximum Gasteiger partial charge on any atom is 0.531 e. The Bertz CT molecular complexity index is 941. The minimum absolute atomic E-state index is 0.00413. The number of aliphatic imine (C=N–C) groups is 1. The van der Waals surface area contributed by atoms with Crippen molar-refractivity contribution in [3.05, 3.63) is 64.7 Å². The molecule has 0 spiro atoms. The zero-order valence-electron chi connectivity index (χ0n) is 16.2. The topological polar surface area (TPSA) is 77.4 Å². The summed E-state index contributed by atoms with van der Waals surface area (Å²) in [5.74, 6) is -0.183. The molecule has 0 atom stereocenters. The van der Waals surface area contributed by atoms with Crippen LogP contribution in [0.25, 0.3) is 0 Å². The maximum atomic E-state index is 13.2. The predicted octanol–water partition coefficient (Wildman–Crippen LogP) is 5.22. The van der Waals surface area contributed by atoms with Gasteiger partial charge in [0.15, 0.2) is 0 Å². The summed E-state index contributed by atoms with van der Waals surface area (Å²) in [6.07, 6.45) is 0. The van der Waals surface area contributed by atoms with Gasteiger partial charge in [-0.15, -0.1) is 0 Å². The Kier molecular flexibility index (Phi) is 7.09. The third-order valence-corrected chi connectivity index (χ3v) is 5.87. The molecular formula is C20H22ClN2O5P. The first-order valence-electron chi connectivity index (χ1n) is 9.23. The second kappa shape index (κ2) is 9.55. The van der Waals surface area contributed by atoms with E-state index in [0.29, 0.717) is 22.8 Å². The van der Waals surface area contributed by atoms with Gasteiger partial charge >= 0.3 is 7.82 Å². The van der Waals surface area contributed by atoms with Crippen LogP contribution in [0.4, 0.5) is 5.69 Å². The number of carbonyl (C=O) groups excluding carboxylic acids is 1. The number of amides is 1. The molecule has 154 valence electrons. The average Bonchev–Trinajstić information content (AvgIpc) is 2.80. The number of hydrogen-bond donors (Lipinski definition) is 0. The van der Waals surface area contributed by atoms with Gasteiger partial charge in [0.05, 0.1) is 31.0 Å². The van der Waals surface area contributed by atoms with Gasteiger partial charge in [0.2, 0.25) is 5.90 Å². The zero-order chi connectivity index (χ0) is 20.9. The Morgan fingerprint density at radius 1 is 1.10 bits per heavy atom. The fraction of sp³-hybridized carbons (Fsp3) is 0.300. The Balaban J connectivity index is 1.97. The number of nitrogens with zero attached hydrogens (tertiary/aromatic N) is 2. The van der Waals surface area contributed by atoms with Crippen LogP contribution in [-0.4, -0.2) is 36.5 Å². The number of carbonyl (C=O) groups is 1. The van der Waals surface area contributed by atoms with E-state index in [9.17, 15) is 9.36 Å². The highest BCUT2D eigenvalue weighted by Gasteiger charge is 2.33. The number of benzene rings is 2. The van der Waals surface area contributed by atoms with E-state index in [1.54, 1.807) is 36.9 Å². The van der Waals surface area contributed by atoms with Crippen LogP contribution >= 0.6 is 19.4 Å². The number of halogens is 1. The quantitative estimate of drug-likeness (QED) is 0.556. The smallest absolute Gasteiger partial charge is 0.388 e. The lowest BCUT2D eigenvalue weighted by atomic mass is 10.1. The van der Waals surface area contributed by atoms with E-state index in [2.05, 4.69) is 4.99 Å². The lowest BCUT2D eigenvalue weighted by molar-refractivity contribution is 0.0762. The molecule has 0 aromatic heterocycles. The van der Waals surface area contributed by atoms with Crippen LogP contribution in [0.2, 0.25) is 5.02 Å². The van der Waals surface area contributed by atoms with Gasteiger partial charge in [0.25, 0.3) is 5.91 Å². The van der Waals surface area contributed by atoms with Crippen molar-refractivity contribution >= 4 is 36.9 Å². The van der Waals surface area contributed by atoms with E-state index in [1.165, 1.54) is 0 Å². The van der Waals surface area contributed by atoms with Crippen LogP contribution in [0.15, 0.2) is 53.5 Å². The van der Waals surface area contributed by atoms with Crippen LogP contribution < -0.4 is 0 Å². The number of fused-ring (bicyclic) bond motifs is 1. The number of hydrogen-bond acceptors (Lipinski definition) is 6. The molecule has 1 heterocycles. The van der Waals surface area contributed by atoms with Crippen molar-refractivity contribution in [1.82, 2.24) is 4.90 Å². The summed E-state index contributed by atoms with van der Waals surface area (Å²) < 4.78 is 28.8. The third kappa shape index (κ3) is 5.46. The Morgan fingerprint density at radius 3 is 2.45 bits per heavy atom. The highest BCUT2D eigenvalue weighted by Crippen LogP contribution is 2.50. The summed E-state index contributed by atoms with van der Waals surface area (Å²) in [4.78, 5) is 19.1. The minimum atomic E-state index is -3.85. The molecule has 9 heteroatoms.